The first kappa shape index (κ1) is 11.5. The quantitative estimate of drug-likeness (QED) is 0.773. The molecule has 1 fully saturated rings. The molecule has 1 aliphatic rings. The SMILES string of the molecule is Brc1cc(I)ccc1Nc1nccn1C1CC1. The number of rotatable bonds is 3. The van der Waals surface area contributed by atoms with Crippen LogP contribution in [-0.4, -0.2) is 9.55 Å². The average molecular weight is 404 g/mol. The van der Waals surface area contributed by atoms with Gasteiger partial charge < -0.3 is 9.88 Å². The van der Waals surface area contributed by atoms with Gasteiger partial charge in [-0.05, 0) is 69.6 Å². The van der Waals surface area contributed by atoms with Crippen LogP contribution in [0.15, 0.2) is 35.1 Å². The summed E-state index contributed by atoms with van der Waals surface area (Å²) >= 11 is 5.87. The normalized spacial score (nSPS) is 14.9. The van der Waals surface area contributed by atoms with E-state index in [1.54, 1.807) is 0 Å². The lowest BCUT2D eigenvalue weighted by atomic mass is 10.3. The van der Waals surface area contributed by atoms with Crippen molar-refractivity contribution in [3.8, 4) is 0 Å². The summed E-state index contributed by atoms with van der Waals surface area (Å²) < 4.78 is 4.49. The summed E-state index contributed by atoms with van der Waals surface area (Å²) in [6.45, 7) is 0. The predicted molar refractivity (Wildman–Crippen MR) is 80.6 cm³/mol. The van der Waals surface area contributed by atoms with Gasteiger partial charge in [-0.2, -0.15) is 0 Å². The average Bonchev–Trinajstić information content (AvgIpc) is 3.03. The molecule has 0 bridgehead atoms. The highest BCUT2D eigenvalue weighted by molar-refractivity contribution is 14.1. The molecular weight excluding hydrogens is 393 g/mol. The van der Waals surface area contributed by atoms with Gasteiger partial charge in [-0.25, -0.2) is 4.98 Å². The minimum absolute atomic E-state index is 0.641. The Labute approximate surface area is 122 Å². The second kappa shape index (κ2) is 4.61. The zero-order valence-electron chi connectivity index (χ0n) is 9.03. The van der Waals surface area contributed by atoms with Crippen molar-refractivity contribution in [2.24, 2.45) is 0 Å². The topological polar surface area (TPSA) is 29.9 Å². The molecule has 1 aromatic heterocycles. The molecule has 1 aliphatic carbocycles. The van der Waals surface area contributed by atoms with E-state index >= 15 is 0 Å². The number of halogens is 2. The number of nitrogens with one attached hydrogen (secondary N) is 1. The first-order valence-corrected chi connectivity index (χ1v) is 7.36. The van der Waals surface area contributed by atoms with Gasteiger partial charge in [0.05, 0.1) is 5.69 Å². The number of imidazole rings is 1. The van der Waals surface area contributed by atoms with Crippen molar-refractivity contribution in [3.05, 3.63) is 38.6 Å². The lowest BCUT2D eigenvalue weighted by Crippen LogP contribution is -2.01. The monoisotopic (exact) mass is 403 g/mol. The molecule has 0 spiro atoms. The van der Waals surface area contributed by atoms with E-state index in [2.05, 4.69) is 71.6 Å². The Morgan fingerprint density at radius 2 is 2.24 bits per heavy atom. The highest BCUT2D eigenvalue weighted by Gasteiger charge is 2.25. The summed E-state index contributed by atoms with van der Waals surface area (Å²) in [4.78, 5) is 4.37. The van der Waals surface area contributed by atoms with Gasteiger partial charge in [0.15, 0.2) is 0 Å². The van der Waals surface area contributed by atoms with Crippen molar-refractivity contribution >= 4 is 50.2 Å². The van der Waals surface area contributed by atoms with Crippen LogP contribution in [-0.2, 0) is 0 Å². The number of aromatic nitrogens is 2. The molecule has 5 heteroatoms. The molecule has 0 radical (unpaired) electrons. The summed E-state index contributed by atoms with van der Waals surface area (Å²) in [5.41, 5.74) is 1.05. The van der Waals surface area contributed by atoms with Crippen LogP contribution in [0.5, 0.6) is 0 Å². The summed E-state index contributed by atoms with van der Waals surface area (Å²) in [6.07, 6.45) is 6.42. The van der Waals surface area contributed by atoms with Gasteiger partial charge in [-0.15, -0.1) is 0 Å². The molecule has 1 aromatic carbocycles. The Kier molecular flexibility index (Phi) is 3.12. The molecule has 0 saturated heterocycles. The van der Waals surface area contributed by atoms with E-state index in [4.69, 9.17) is 0 Å². The van der Waals surface area contributed by atoms with Crippen molar-refractivity contribution in [2.45, 2.75) is 18.9 Å². The van der Waals surface area contributed by atoms with Crippen molar-refractivity contribution in [3.63, 3.8) is 0 Å². The molecular formula is C12H11BrIN3. The Balaban J connectivity index is 1.88. The largest absolute Gasteiger partial charge is 0.325 e. The predicted octanol–water partition coefficient (Wildman–Crippen LogP) is 4.33. The summed E-state index contributed by atoms with van der Waals surface area (Å²) in [6, 6.07) is 6.88. The maximum Gasteiger partial charge on any atom is 0.207 e. The van der Waals surface area contributed by atoms with Crippen LogP contribution in [0.3, 0.4) is 0 Å². The van der Waals surface area contributed by atoms with Gasteiger partial charge in [-0.1, -0.05) is 0 Å². The van der Waals surface area contributed by atoms with Crippen LogP contribution in [0, 0.1) is 3.57 Å². The molecule has 1 heterocycles. The minimum Gasteiger partial charge on any atom is -0.325 e. The molecule has 1 saturated carbocycles. The summed E-state index contributed by atoms with van der Waals surface area (Å²) in [5.74, 6) is 0.925. The Morgan fingerprint density at radius 1 is 1.41 bits per heavy atom. The van der Waals surface area contributed by atoms with Crippen molar-refractivity contribution in [1.29, 1.82) is 0 Å². The van der Waals surface area contributed by atoms with Crippen molar-refractivity contribution in [1.82, 2.24) is 9.55 Å². The molecule has 3 nitrogen and oxygen atoms in total. The van der Waals surface area contributed by atoms with Crippen molar-refractivity contribution in [2.75, 3.05) is 5.32 Å². The zero-order chi connectivity index (χ0) is 11.8. The molecule has 2 aromatic rings. The first-order valence-electron chi connectivity index (χ1n) is 5.49. The zero-order valence-corrected chi connectivity index (χ0v) is 12.8. The molecule has 88 valence electrons. The van der Waals surface area contributed by atoms with Gasteiger partial charge in [0.1, 0.15) is 0 Å². The molecule has 17 heavy (non-hydrogen) atoms. The Morgan fingerprint density at radius 3 is 2.94 bits per heavy atom. The van der Waals surface area contributed by atoms with Gasteiger partial charge >= 0.3 is 0 Å². The molecule has 0 amide bonds. The Hall–Kier alpha value is -0.560. The van der Waals surface area contributed by atoms with Crippen LogP contribution < -0.4 is 5.32 Å². The van der Waals surface area contributed by atoms with Crippen molar-refractivity contribution < 1.29 is 0 Å². The third kappa shape index (κ3) is 2.49. The van der Waals surface area contributed by atoms with E-state index < -0.39 is 0 Å². The van der Waals surface area contributed by atoms with Gasteiger partial charge in [0.2, 0.25) is 5.95 Å². The summed E-state index contributed by atoms with van der Waals surface area (Å²) in [7, 11) is 0. The molecule has 0 aliphatic heterocycles. The lowest BCUT2D eigenvalue weighted by molar-refractivity contribution is 0.751. The maximum absolute atomic E-state index is 4.37. The smallest absolute Gasteiger partial charge is 0.207 e. The fourth-order valence-electron chi connectivity index (χ4n) is 1.77. The third-order valence-electron chi connectivity index (χ3n) is 2.79. The fourth-order valence-corrected chi connectivity index (χ4v) is 3.17. The Bertz CT molecular complexity index is 548. The number of hydrogen-bond acceptors (Lipinski definition) is 2. The maximum atomic E-state index is 4.37. The van der Waals surface area contributed by atoms with Crippen LogP contribution in [0.1, 0.15) is 18.9 Å². The fraction of sp³-hybridized carbons (Fsp3) is 0.250. The highest BCUT2D eigenvalue weighted by Crippen LogP contribution is 2.37. The van der Waals surface area contributed by atoms with E-state index in [0.29, 0.717) is 6.04 Å². The number of anilines is 2. The van der Waals surface area contributed by atoms with Gasteiger partial charge in [0, 0.05) is 26.5 Å². The molecule has 0 unspecified atom stereocenters. The highest BCUT2D eigenvalue weighted by atomic mass is 127. The van der Waals surface area contributed by atoms with E-state index in [1.807, 2.05) is 12.4 Å². The lowest BCUT2D eigenvalue weighted by Gasteiger charge is -2.10. The third-order valence-corrected chi connectivity index (χ3v) is 4.11. The molecule has 3 rings (SSSR count). The van der Waals surface area contributed by atoms with Crippen LogP contribution in [0.2, 0.25) is 0 Å². The number of hydrogen-bond donors (Lipinski definition) is 1. The molecule has 1 N–H and O–H groups in total. The van der Waals surface area contributed by atoms with E-state index in [9.17, 15) is 0 Å². The van der Waals surface area contributed by atoms with Gasteiger partial charge in [0.25, 0.3) is 0 Å². The van der Waals surface area contributed by atoms with Gasteiger partial charge in [-0.3, -0.25) is 0 Å². The van der Waals surface area contributed by atoms with Crippen LogP contribution in [0.4, 0.5) is 11.6 Å². The number of benzene rings is 1. The van der Waals surface area contributed by atoms with E-state index in [0.717, 1.165) is 16.1 Å². The minimum atomic E-state index is 0.641. The molecule has 0 atom stereocenters. The van der Waals surface area contributed by atoms with Crippen LogP contribution in [0.25, 0.3) is 0 Å². The second-order valence-corrected chi connectivity index (χ2v) is 6.24. The standard InChI is InChI=1S/C12H11BrIN3/c13-10-7-8(14)1-4-11(10)16-12-15-5-6-17(12)9-2-3-9/h1,4-7,9H,2-3H2,(H,15,16). The first-order chi connectivity index (χ1) is 8.24. The summed E-state index contributed by atoms with van der Waals surface area (Å²) in [5, 5.41) is 3.37. The van der Waals surface area contributed by atoms with E-state index in [-0.39, 0.29) is 0 Å². The van der Waals surface area contributed by atoms with Crippen LogP contribution >= 0.6 is 38.5 Å². The second-order valence-electron chi connectivity index (χ2n) is 4.14. The number of nitrogens with zero attached hydrogens (tertiary/aromatic N) is 2. The van der Waals surface area contributed by atoms with E-state index in [1.165, 1.54) is 16.4 Å².